The predicted octanol–water partition coefficient (Wildman–Crippen LogP) is 1.67. The second-order valence-corrected chi connectivity index (χ2v) is 5.99. The molecule has 0 N–H and O–H groups in total. The van der Waals surface area contributed by atoms with Gasteiger partial charge < -0.3 is 4.74 Å². The van der Waals surface area contributed by atoms with Crippen molar-refractivity contribution in [3.63, 3.8) is 0 Å². The number of rotatable bonds is 2. The molecular weight excluding hydrogens is 226 g/mol. The summed E-state index contributed by atoms with van der Waals surface area (Å²) in [6.45, 7) is 1.94. The number of nitrogens with zero attached hydrogens (tertiary/aromatic N) is 1. The number of hydrogen-bond donors (Lipinski definition) is 0. The lowest BCUT2D eigenvalue weighted by molar-refractivity contribution is 0.119. The quantitative estimate of drug-likeness (QED) is 0.791. The number of sulfonamides is 1. The van der Waals surface area contributed by atoms with Crippen molar-refractivity contribution in [2.45, 2.75) is 18.8 Å². The molecule has 0 bridgehead atoms. The highest BCUT2D eigenvalue weighted by Gasteiger charge is 2.30. The molecule has 4 nitrogen and oxygen atoms in total. The van der Waals surface area contributed by atoms with Gasteiger partial charge in [-0.05, 0) is 24.1 Å². The fourth-order valence-electron chi connectivity index (χ4n) is 1.86. The van der Waals surface area contributed by atoms with E-state index in [0.29, 0.717) is 0 Å². The van der Waals surface area contributed by atoms with Crippen molar-refractivity contribution in [2.24, 2.45) is 0 Å². The Hall–Kier alpha value is -1.07. The Morgan fingerprint density at radius 2 is 2.12 bits per heavy atom. The minimum absolute atomic E-state index is 0.0149. The van der Waals surface area contributed by atoms with Crippen LogP contribution in [0.5, 0.6) is 0 Å². The molecule has 0 spiro atoms. The maximum atomic E-state index is 11.7. The van der Waals surface area contributed by atoms with E-state index in [4.69, 9.17) is 4.74 Å². The number of anilines is 1. The second kappa shape index (κ2) is 3.75. The summed E-state index contributed by atoms with van der Waals surface area (Å²) in [6, 6.07) is 5.65. The van der Waals surface area contributed by atoms with Gasteiger partial charge in [-0.1, -0.05) is 12.1 Å². The number of fused-ring (bicyclic) bond motifs is 1. The minimum atomic E-state index is -3.14. The summed E-state index contributed by atoms with van der Waals surface area (Å²) in [5.74, 6) is 0.0864. The van der Waals surface area contributed by atoms with Crippen LogP contribution in [0.2, 0.25) is 0 Å². The zero-order valence-corrected chi connectivity index (χ0v) is 10.4. The third kappa shape index (κ3) is 1.70. The lowest BCUT2D eigenvalue weighted by Crippen LogP contribution is -2.20. The average molecular weight is 241 g/mol. The van der Waals surface area contributed by atoms with Crippen molar-refractivity contribution in [3.05, 3.63) is 29.3 Å². The number of ether oxygens (including phenoxy) is 1. The van der Waals surface area contributed by atoms with Gasteiger partial charge in [-0.15, -0.1) is 0 Å². The van der Waals surface area contributed by atoms with Gasteiger partial charge >= 0.3 is 0 Å². The first-order valence-electron chi connectivity index (χ1n) is 5.08. The van der Waals surface area contributed by atoms with E-state index >= 15 is 0 Å². The average Bonchev–Trinajstić information content (AvgIpc) is 2.48. The summed E-state index contributed by atoms with van der Waals surface area (Å²) >= 11 is 0. The van der Waals surface area contributed by atoms with Crippen LogP contribution in [0.15, 0.2) is 18.2 Å². The molecule has 1 atom stereocenters. The third-order valence-electron chi connectivity index (χ3n) is 3.02. The molecule has 1 heterocycles. The summed E-state index contributed by atoms with van der Waals surface area (Å²) in [5, 5.41) is 0. The number of benzene rings is 1. The zero-order valence-electron chi connectivity index (χ0n) is 9.60. The zero-order chi connectivity index (χ0) is 11.9. The highest BCUT2D eigenvalue weighted by Crippen LogP contribution is 2.34. The highest BCUT2D eigenvalue weighted by molar-refractivity contribution is 7.92. The maximum absolute atomic E-state index is 11.7. The Kier molecular flexibility index (Phi) is 2.67. The second-order valence-electron chi connectivity index (χ2n) is 3.99. The number of methoxy groups -OCH3 is 1. The van der Waals surface area contributed by atoms with Crippen molar-refractivity contribution in [3.8, 4) is 0 Å². The summed E-state index contributed by atoms with van der Waals surface area (Å²) in [5.41, 5.74) is 2.63. The molecule has 0 aromatic heterocycles. The summed E-state index contributed by atoms with van der Waals surface area (Å²) < 4.78 is 29.9. The first-order valence-corrected chi connectivity index (χ1v) is 6.69. The largest absolute Gasteiger partial charge is 0.377 e. The van der Waals surface area contributed by atoms with Gasteiger partial charge in [0.05, 0.1) is 17.5 Å². The molecule has 0 radical (unpaired) electrons. The molecule has 0 aliphatic carbocycles. The van der Waals surface area contributed by atoms with Gasteiger partial charge in [0.1, 0.15) is 0 Å². The van der Waals surface area contributed by atoms with Crippen LogP contribution in [0.1, 0.15) is 24.2 Å². The van der Waals surface area contributed by atoms with E-state index in [1.54, 1.807) is 14.2 Å². The molecule has 0 saturated heterocycles. The Morgan fingerprint density at radius 1 is 1.44 bits per heavy atom. The minimum Gasteiger partial charge on any atom is -0.377 e. The molecule has 0 amide bonds. The first kappa shape index (κ1) is 11.4. The van der Waals surface area contributed by atoms with Crippen LogP contribution in [0.3, 0.4) is 0 Å². The fourth-order valence-corrected chi connectivity index (χ4v) is 3.16. The van der Waals surface area contributed by atoms with Crippen LogP contribution in [0.25, 0.3) is 0 Å². The Balaban J connectivity index is 2.45. The third-order valence-corrected chi connectivity index (χ3v) is 4.73. The van der Waals surface area contributed by atoms with Crippen LogP contribution in [-0.2, 0) is 20.5 Å². The van der Waals surface area contributed by atoms with Crippen LogP contribution in [-0.4, -0.2) is 22.6 Å². The van der Waals surface area contributed by atoms with Gasteiger partial charge in [-0.3, -0.25) is 4.31 Å². The van der Waals surface area contributed by atoms with E-state index in [1.165, 1.54) is 4.31 Å². The van der Waals surface area contributed by atoms with Crippen molar-refractivity contribution >= 4 is 15.7 Å². The lowest BCUT2D eigenvalue weighted by atomic mass is 10.1. The molecular formula is C11H15NO3S. The van der Waals surface area contributed by atoms with Crippen molar-refractivity contribution < 1.29 is 13.2 Å². The van der Waals surface area contributed by atoms with Gasteiger partial charge in [-0.2, -0.15) is 0 Å². The lowest BCUT2D eigenvalue weighted by Gasteiger charge is -2.13. The molecule has 1 unspecified atom stereocenters. The predicted molar refractivity (Wildman–Crippen MR) is 62.9 cm³/mol. The van der Waals surface area contributed by atoms with Gasteiger partial charge in [-0.25, -0.2) is 8.42 Å². The van der Waals surface area contributed by atoms with E-state index < -0.39 is 10.0 Å². The molecule has 2 rings (SSSR count). The molecule has 16 heavy (non-hydrogen) atoms. The van der Waals surface area contributed by atoms with E-state index in [2.05, 4.69) is 0 Å². The Bertz CT molecular complexity index is 510. The molecule has 0 saturated carbocycles. The first-order chi connectivity index (χ1) is 7.45. The van der Waals surface area contributed by atoms with E-state index in [1.807, 2.05) is 25.1 Å². The summed E-state index contributed by atoms with van der Waals surface area (Å²) in [7, 11) is 0.0828. The molecule has 0 fully saturated rings. The van der Waals surface area contributed by atoms with Gasteiger partial charge in [0, 0.05) is 14.2 Å². The Labute approximate surface area is 95.9 Å². The van der Waals surface area contributed by atoms with Crippen LogP contribution in [0, 0.1) is 0 Å². The molecule has 5 heteroatoms. The van der Waals surface area contributed by atoms with Gasteiger partial charge in [0.25, 0.3) is 0 Å². The smallest absolute Gasteiger partial charge is 0.239 e. The molecule has 1 aromatic rings. The monoisotopic (exact) mass is 241 g/mol. The maximum Gasteiger partial charge on any atom is 0.239 e. The van der Waals surface area contributed by atoms with Crippen LogP contribution < -0.4 is 4.31 Å². The normalized spacial score (nSPS) is 19.6. The summed E-state index contributed by atoms with van der Waals surface area (Å²) in [6.07, 6.45) is -0.0149. The molecule has 1 aromatic carbocycles. The van der Waals surface area contributed by atoms with Crippen molar-refractivity contribution in [1.29, 1.82) is 0 Å². The van der Waals surface area contributed by atoms with Gasteiger partial charge in [0.2, 0.25) is 10.0 Å². The number of hydrogen-bond acceptors (Lipinski definition) is 3. The van der Waals surface area contributed by atoms with Crippen LogP contribution in [0.4, 0.5) is 5.69 Å². The van der Waals surface area contributed by atoms with E-state index in [0.717, 1.165) is 16.8 Å². The Morgan fingerprint density at radius 3 is 2.75 bits per heavy atom. The standard InChI is InChI=1S/C11H15NO3S/c1-8(15-3)9-4-5-11-10(6-9)7-16(13,14)12(11)2/h4-6,8H,7H2,1-3H3. The molecule has 88 valence electrons. The van der Waals surface area contributed by atoms with Crippen molar-refractivity contribution in [2.75, 3.05) is 18.5 Å². The fraction of sp³-hybridized carbons (Fsp3) is 0.455. The highest BCUT2D eigenvalue weighted by atomic mass is 32.2. The van der Waals surface area contributed by atoms with Crippen LogP contribution >= 0.6 is 0 Å². The SMILES string of the molecule is COC(C)c1ccc2c(c1)CS(=O)(=O)N2C. The van der Waals surface area contributed by atoms with E-state index in [-0.39, 0.29) is 11.9 Å². The molecule has 1 aliphatic rings. The van der Waals surface area contributed by atoms with E-state index in [9.17, 15) is 8.42 Å². The van der Waals surface area contributed by atoms with Crippen molar-refractivity contribution in [1.82, 2.24) is 0 Å². The topological polar surface area (TPSA) is 46.6 Å². The molecule has 1 aliphatic heterocycles. The van der Waals surface area contributed by atoms with Gasteiger partial charge in [0.15, 0.2) is 0 Å². The summed E-state index contributed by atoms with van der Waals surface area (Å²) in [4.78, 5) is 0.